The maximum absolute atomic E-state index is 10.5. The Morgan fingerprint density at radius 1 is 1.19 bits per heavy atom. The summed E-state index contributed by atoms with van der Waals surface area (Å²) in [5.41, 5.74) is 0.388. The summed E-state index contributed by atoms with van der Waals surface area (Å²) in [7, 11) is 0. The summed E-state index contributed by atoms with van der Waals surface area (Å²) in [5.74, 6) is -1.29. The van der Waals surface area contributed by atoms with Crippen LogP contribution in [0.4, 0.5) is 0 Å². The maximum Gasteiger partial charge on any atom is 0.0799 e. The number of benzene rings is 1. The first-order valence-corrected chi connectivity index (χ1v) is 5.58. The number of carboxylic acids is 1. The normalized spacial score (nSPS) is 11.7. The van der Waals surface area contributed by atoms with Gasteiger partial charge in [-0.1, -0.05) is 46.4 Å². The van der Waals surface area contributed by atoms with Gasteiger partial charge in [-0.05, 0) is 30.2 Å². The lowest BCUT2D eigenvalue weighted by atomic mass is 10.1. The van der Waals surface area contributed by atoms with Gasteiger partial charge in [0, 0.05) is 0 Å². The second kappa shape index (κ2) is 5.28. The van der Waals surface area contributed by atoms with Crippen LogP contribution in [-0.2, 0) is 4.79 Å². The van der Waals surface area contributed by atoms with Gasteiger partial charge in [0.1, 0.15) is 0 Å². The molecule has 16 heavy (non-hydrogen) atoms. The molecule has 0 aliphatic heterocycles. The molecule has 0 saturated heterocycles. The van der Waals surface area contributed by atoms with Crippen molar-refractivity contribution in [3.05, 3.63) is 37.3 Å². The minimum atomic E-state index is -1.29. The van der Waals surface area contributed by atoms with E-state index in [4.69, 9.17) is 46.4 Å². The van der Waals surface area contributed by atoms with Gasteiger partial charge >= 0.3 is 0 Å². The molecule has 0 N–H and O–H groups in total. The van der Waals surface area contributed by atoms with Crippen LogP contribution >= 0.6 is 46.4 Å². The number of halogens is 4. The van der Waals surface area contributed by atoms with Gasteiger partial charge in [-0.2, -0.15) is 0 Å². The fraction of sp³-hybridized carbons (Fsp3) is 0.100. The summed E-state index contributed by atoms with van der Waals surface area (Å²) >= 11 is 23.2. The van der Waals surface area contributed by atoms with E-state index in [1.54, 1.807) is 0 Å². The Morgan fingerprint density at radius 2 is 1.75 bits per heavy atom. The lowest BCUT2D eigenvalue weighted by molar-refractivity contribution is -0.299. The minimum absolute atomic E-state index is 0.0105. The molecule has 0 fully saturated rings. The first-order chi connectivity index (χ1) is 7.34. The van der Waals surface area contributed by atoms with E-state index in [1.165, 1.54) is 19.1 Å². The van der Waals surface area contributed by atoms with E-state index in [0.29, 0.717) is 5.56 Å². The van der Waals surface area contributed by atoms with Crippen LogP contribution in [0.5, 0.6) is 0 Å². The lowest BCUT2D eigenvalue weighted by Gasteiger charge is -2.07. The van der Waals surface area contributed by atoms with Gasteiger partial charge in [0.05, 0.1) is 26.1 Å². The van der Waals surface area contributed by atoms with Crippen LogP contribution in [0.1, 0.15) is 12.5 Å². The number of carbonyl (C=O) groups excluding carboxylic acids is 1. The Hall–Kier alpha value is -0.410. The highest BCUT2D eigenvalue weighted by atomic mass is 35.5. The van der Waals surface area contributed by atoms with Gasteiger partial charge in [0.2, 0.25) is 0 Å². The SMILES string of the molecule is C/C(=C\c1cc(Cl)c(Cl)c(Cl)c1Cl)C(=O)[O-]. The molecule has 0 amide bonds. The van der Waals surface area contributed by atoms with Gasteiger partial charge in [-0.25, -0.2) is 0 Å². The highest BCUT2D eigenvalue weighted by Crippen LogP contribution is 2.38. The zero-order valence-corrected chi connectivity index (χ0v) is 11.0. The molecule has 86 valence electrons. The van der Waals surface area contributed by atoms with Gasteiger partial charge < -0.3 is 9.90 Å². The molecule has 0 aromatic heterocycles. The standard InChI is InChI=1S/C10H6Cl4O2/c1-4(10(15)16)2-5-3-6(11)8(13)9(14)7(5)12/h2-3H,1H3,(H,15,16)/p-1/b4-2+. The van der Waals surface area contributed by atoms with Crippen molar-refractivity contribution in [2.75, 3.05) is 0 Å². The number of hydrogen-bond acceptors (Lipinski definition) is 2. The first-order valence-electron chi connectivity index (χ1n) is 4.07. The predicted molar refractivity (Wildman–Crippen MR) is 65.1 cm³/mol. The van der Waals surface area contributed by atoms with Gasteiger partial charge in [-0.3, -0.25) is 0 Å². The number of carbonyl (C=O) groups is 1. The molecule has 0 heterocycles. The van der Waals surface area contributed by atoms with Crippen LogP contribution < -0.4 is 5.11 Å². The molecule has 2 nitrogen and oxygen atoms in total. The van der Waals surface area contributed by atoms with E-state index in [0.717, 1.165) is 0 Å². The lowest BCUT2D eigenvalue weighted by Crippen LogP contribution is -2.22. The topological polar surface area (TPSA) is 40.1 Å². The Bertz CT molecular complexity index is 480. The smallest absolute Gasteiger partial charge is 0.0799 e. The number of hydrogen-bond donors (Lipinski definition) is 0. The molecular weight excluding hydrogens is 294 g/mol. The molecule has 0 unspecified atom stereocenters. The second-order valence-corrected chi connectivity index (χ2v) is 4.55. The quantitative estimate of drug-likeness (QED) is 0.476. The van der Waals surface area contributed by atoms with Crippen LogP contribution in [0.2, 0.25) is 20.1 Å². The molecular formula is C10H5Cl4O2-. The summed E-state index contributed by atoms with van der Waals surface area (Å²) < 4.78 is 0. The van der Waals surface area contributed by atoms with Crippen molar-refractivity contribution in [1.29, 1.82) is 0 Å². The van der Waals surface area contributed by atoms with Crippen LogP contribution in [0.25, 0.3) is 6.08 Å². The molecule has 0 aliphatic carbocycles. The molecule has 0 bridgehead atoms. The zero-order chi connectivity index (χ0) is 12.5. The molecule has 0 aliphatic rings. The zero-order valence-electron chi connectivity index (χ0n) is 7.98. The van der Waals surface area contributed by atoms with Gasteiger partial charge in [-0.15, -0.1) is 0 Å². The summed E-state index contributed by atoms with van der Waals surface area (Å²) in [6.07, 6.45) is 1.31. The van der Waals surface area contributed by atoms with E-state index in [2.05, 4.69) is 0 Å². The molecule has 1 aromatic rings. The predicted octanol–water partition coefficient (Wildman–Crippen LogP) is 3.45. The minimum Gasteiger partial charge on any atom is -0.545 e. The van der Waals surface area contributed by atoms with Crippen LogP contribution in [0.3, 0.4) is 0 Å². The number of rotatable bonds is 2. The third kappa shape index (κ3) is 2.83. The van der Waals surface area contributed by atoms with Crippen LogP contribution in [0.15, 0.2) is 11.6 Å². The van der Waals surface area contributed by atoms with E-state index in [1.807, 2.05) is 0 Å². The molecule has 0 radical (unpaired) electrons. The molecule has 1 rings (SSSR count). The van der Waals surface area contributed by atoms with Crippen molar-refractivity contribution >= 4 is 58.4 Å². The maximum atomic E-state index is 10.5. The van der Waals surface area contributed by atoms with E-state index in [-0.39, 0.29) is 25.7 Å². The molecule has 0 spiro atoms. The average Bonchev–Trinajstić information content (AvgIpc) is 2.22. The molecule has 6 heteroatoms. The largest absolute Gasteiger partial charge is 0.545 e. The average molecular weight is 299 g/mol. The van der Waals surface area contributed by atoms with Crippen molar-refractivity contribution in [2.24, 2.45) is 0 Å². The fourth-order valence-corrected chi connectivity index (χ4v) is 1.86. The Morgan fingerprint density at radius 3 is 2.25 bits per heavy atom. The van der Waals surface area contributed by atoms with Crippen molar-refractivity contribution in [2.45, 2.75) is 6.92 Å². The summed E-state index contributed by atoms with van der Waals surface area (Å²) in [6, 6.07) is 1.44. The highest BCUT2D eigenvalue weighted by molar-refractivity contribution is 6.52. The number of aliphatic carboxylic acids is 1. The van der Waals surface area contributed by atoms with Gasteiger partial charge in [0.15, 0.2) is 0 Å². The Balaban J connectivity index is 3.37. The molecule has 0 saturated carbocycles. The third-order valence-corrected chi connectivity index (χ3v) is 3.59. The summed E-state index contributed by atoms with van der Waals surface area (Å²) in [4.78, 5) is 10.5. The first kappa shape index (κ1) is 13.7. The Kier molecular flexibility index (Phi) is 4.51. The summed E-state index contributed by atoms with van der Waals surface area (Å²) in [5, 5.41) is 11.1. The number of carboxylic acid groups (broad SMARTS) is 1. The van der Waals surface area contributed by atoms with E-state index >= 15 is 0 Å². The third-order valence-electron chi connectivity index (χ3n) is 1.82. The Labute approximate surface area is 112 Å². The highest BCUT2D eigenvalue weighted by Gasteiger charge is 2.11. The van der Waals surface area contributed by atoms with Crippen LogP contribution in [-0.4, -0.2) is 5.97 Å². The van der Waals surface area contributed by atoms with Gasteiger partial charge in [0.25, 0.3) is 0 Å². The summed E-state index contributed by atoms with van der Waals surface area (Å²) in [6.45, 7) is 1.38. The second-order valence-electron chi connectivity index (χ2n) is 3.00. The molecule has 0 atom stereocenters. The fourth-order valence-electron chi connectivity index (χ4n) is 0.988. The molecule has 1 aromatic carbocycles. The van der Waals surface area contributed by atoms with E-state index < -0.39 is 5.97 Å². The monoisotopic (exact) mass is 297 g/mol. The van der Waals surface area contributed by atoms with Crippen molar-refractivity contribution < 1.29 is 9.90 Å². The van der Waals surface area contributed by atoms with Crippen molar-refractivity contribution in [1.82, 2.24) is 0 Å². The van der Waals surface area contributed by atoms with Crippen LogP contribution in [0, 0.1) is 0 Å². The van der Waals surface area contributed by atoms with Crippen molar-refractivity contribution in [3.8, 4) is 0 Å². The van der Waals surface area contributed by atoms with Crippen molar-refractivity contribution in [3.63, 3.8) is 0 Å². The van der Waals surface area contributed by atoms with E-state index in [9.17, 15) is 9.90 Å².